The molecule has 0 aliphatic heterocycles. The van der Waals surface area contributed by atoms with Gasteiger partial charge in [-0.25, -0.2) is 9.97 Å². The molecule has 1 aromatic rings. The zero-order valence-electron chi connectivity index (χ0n) is 12.9. The maximum absolute atomic E-state index is 5.06. The number of hydrogen-bond donors (Lipinski definition) is 1. The van der Waals surface area contributed by atoms with Crippen molar-refractivity contribution in [3.8, 4) is 0 Å². The van der Waals surface area contributed by atoms with Crippen LogP contribution in [0.15, 0.2) is 0 Å². The van der Waals surface area contributed by atoms with E-state index in [1.165, 1.54) is 5.56 Å². The Morgan fingerprint density at radius 2 is 1.84 bits per heavy atom. The van der Waals surface area contributed by atoms with Crippen LogP contribution in [0.25, 0.3) is 0 Å². The van der Waals surface area contributed by atoms with E-state index < -0.39 is 0 Å². The standard InChI is InChI=1S/C15H27N3O/c1-11(10-16-4)9-14-12(2)17-15(18-13(14)3)7-6-8-19-5/h11,16H,6-10H2,1-5H3. The van der Waals surface area contributed by atoms with Crippen molar-refractivity contribution >= 4 is 0 Å². The van der Waals surface area contributed by atoms with E-state index in [1.54, 1.807) is 7.11 Å². The van der Waals surface area contributed by atoms with Gasteiger partial charge in [-0.1, -0.05) is 6.92 Å². The lowest BCUT2D eigenvalue weighted by atomic mass is 9.98. The van der Waals surface area contributed by atoms with Crippen LogP contribution in [0.3, 0.4) is 0 Å². The number of aryl methyl sites for hydroxylation is 3. The number of nitrogens with zero attached hydrogens (tertiary/aromatic N) is 2. The number of methoxy groups -OCH3 is 1. The lowest BCUT2D eigenvalue weighted by Gasteiger charge is -2.15. The van der Waals surface area contributed by atoms with Gasteiger partial charge in [-0.05, 0) is 51.8 Å². The fourth-order valence-electron chi connectivity index (χ4n) is 2.36. The van der Waals surface area contributed by atoms with E-state index in [9.17, 15) is 0 Å². The van der Waals surface area contributed by atoms with Gasteiger partial charge in [-0.2, -0.15) is 0 Å². The Morgan fingerprint density at radius 1 is 1.21 bits per heavy atom. The summed E-state index contributed by atoms with van der Waals surface area (Å²) in [6, 6.07) is 0. The van der Waals surface area contributed by atoms with Gasteiger partial charge in [-0.3, -0.25) is 0 Å². The van der Waals surface area contributed by atoms with E-state index in [2.05, 4.69) is 36.1 Å². The molecule has 0 saturated heterocycles. The Morgan fingerprint density at radius 3 is 2.37 bits per heavy atom. The molecule has 0 fully saturated rings. The molecule has 1 rings (SSSR count). The maximum atomic E-state index is 5.06. The minimum atomic E-state index is 0.602. The smallest absolute Gasteiger partial charge is 0.128 e. The molecule has 4 heteroatoms. The number of aromatic nitrogens is 2. The fourth-order valence-corrected chi connectivity index (χ4v) is 2.36. The van der Waals surface area contributed by atoms with Crippen molar-refractivity contribution in [1.82, 2.24) is 15.3 Å². The summed E-state index contributed by atoms with van der Waals surface area (Å²) in [5.74, 6) is 1.54. The average Bonchev–Trinajstić information content (AvgIpc) is 2.34. The third-order valence-corrected chi connectivity index (χ3v) is 3.32. The molecule has 4 nitrogen and oxygen atoms in total. The van der Waals surface area contributed by atoms with Crippen molar-refractivity contribution in [1.29, 1.82) is 0 Å². The molecule has 0 aromatic carbocycles. The van der Waals surface area contributed by atoms with Gasteiger partial charge < -0.3 is 10.1 Å². The van der Waals surface area contributed by atoms with E-state index in [0.29, 0.717) is 5.92 Å². The van der Waals surface area contributed by atoms with Gasteiger partial charge >= 0.3 is 0 Å². The number of ether oxygens (including phenoxy) is 1. The van der Waals surface area contributed by atoms with Gasteiger partial charge in [0.1, 0.15) is 5.82 Å². The molecule has 0 aliphatic rings. The van der Waals surface area contributed by atoms with Gasteiger partial charge in [0.25, 0.3) is 0 Å². The van der Waals surface area contributed by atoms with Crippen molar-refractivity contribution in [2.75, 3.05) is 27.3 Å². The summed E-state index contributed by atoms with van der Waals surface area (Å²) in [6.07, 6.45) is 2.91. The maximum Gasteiger partial charge on any atom is 0.128 e. The largest absolute Gasteiger partial charge is 0.385 e. The van der Waals surface area contributed by atoms with Crippen molar-refractivity contribution < 1.29 is 4.74 Å². The molecule has 1 N–H and O–H groups in total. The molecule has 1 heterocycles. The molecule has 0 amide bonds. The van der Waals surface area contributed by atoms with Crippen molar-refractivity contribution in [2.24, 2.45) is 5.92 Å². The molecule has 0 spiro atoms. The van der Waals surface area contributed by atoms with Crippen LogP contribution in [-0.4, -0.2) is 37.3 Å². The first-order valence-electron chi connectivity index (χ1n) is 7.05. The van der Waals surface area contributed by atoms with Crippen molar-refractivity contribution in [3.63, 3.8) is 0 Å². The SMILES string of the molecule is CNCC(C)Cc1c(C)nc(CCCOC)nc1C. The van der Waals surface area contributed by atoms with E-state index in [1.807, 2.05) is 7.05 Å². The zero-order chi connectivity index (χ0) is 14.3. The molecular formula is C15H27N3O. The van der Waals surface area contributed by atoms with Gasteiger partial charge in [0, 0.05) is 31.5 Å². The highest BCUT2D eigenvalue weighted by molar-refractivity contribution is 5.25. The molecule has 108 valence electrons. The minimum absolute atomic E-state index is 0.602. The molecule has 0 aliphatic carbocycles. The zero-order valence-corrected chi connectivity index (χ0v) is 12.9. The Labute approximate surface area is 117 Å². The third kappa shape index (κ3) is 5.25. The molecule has 1 atom stereocenters. The normalized spacial score (nSPS) is 12.7. The average molecular weight is 265 g/mol. The van der Waals surface area contributed by atoms with Crippen LogP contribution in [0.5, 0.6) is 0 Å². The quantitative estimate of drug-likeness (QED) is 0.731. The Hall–Kier alpha value is -1.00. The Kier molecular flexibility index (Phi) is 6.95. The van der Waals surface area contributed by atoms with Crippen LogP contribution in [0.2, 0.25) is 0 Å². The lowest BCUT2D eigenvalue weighted by molar-refractivity contribution is 0.194. The fraction of sp³-hybridized carbons (Fsp3) is 0.733. The number of hydrogen-bond acceptors (Lipinski definition) is 4. The molecule has 1 aromatic heterocycles. The summed E-state index contributed by atoms with van der Waals surface area (Å²) < 4.78 is 5.06. The topological polar surface area (TPSA) is 47.0 Å². The highest BCUT2D eigenvalue weighted by Gasteiger charge is 2.11. The van der Waals surface area contributed by atoms with Crippen LogP contribution in [0.4, 0.5) is 0 Å². The van der Waals surface area contributed by atoms with Crippen LogP contribution in [0.1, 0.15) is 36.1 Å². The molecule has 0 saturated carbocycles. The summed E-state index contributed by atoms with van der Waals surface area (Å²) in [6.45, 7) is 8.23. The van der Waals surface area contributed by atoms with Gasteiger partial charge in [0.05, 0.1) is 0 Å². The van der Waals surface area contributed by atoms with E-state index in [4.69, 9.17) is 4.74 Å². The van der Waals surface area contributed by atoms with Crippen LogP contribution < -0.4 is 5.32 Å². The first-order chi connectivity index (χ1) is 9.08. The highest BCUT2D eigenvalue weighted by Crippen LogP contribution is 2.15. The minimum Gasteiger partial charge on any atom is -0.385 e. The second-order valence-corrected chi connectivity index (χ2v) is 5.25. The molecule has 19 heavy (non-hydrogen) atoms. The number of rotatable bonds is 8. The second-order valence-electron chi connectivity index (χ2n) is 5.25. The van der Waals surface area contributed by atoms with Gasteiger partial charge in [0.2, 0.25) is 0 Å². The van der Waals surface area contributed by atoms with Gasteiger partial charge in [-0.15, -0.1) is 0 Å². The molecule has 1 unspecified atom stereocenters. The molecule has 0 bridgehead atoms. The third-order valence-electron chi connectivity index (χ3n) is 3.32. The summed E-state index contributed by atoms with van der Waals surface area (Å²) in [5.41, 5.74) is 3.56. The van der Waals surface area contributed by atoms with Crippen LogP contribution >= 0.6 is 0 Å². The van der Waals surface area contributed by atoms with Crippen LogP contribution in [-0.2, 0) is 17.6 Å². The summed E-state index contributed by atoms with van der Waals surface area (Å²) in [4.78, 5) is 9.26. The monoisotopic (exact) mass is 265 g/mol. The molecular weight excluding hydrogens is 238 g/mol. The summed E-state index contributed by atoms with van der Waals surface area (Å²) in [5, 5.41) is 3.22. The van der Waals surface area contributed by atoms with Gasteiger partial charge in [0.15, 0.2) is 0 Å². The predicted octanol–water partition coefficient (Wildman–Crippen LogP) is 2.07. The van der Waals surface area contributed by atoms with Crippen molar-refractivity contribution in [2.45, 2.75) is 40.0 Å². The number of nitrogens with one attached hydrogen (secondary N) is 1. The Bertz CT molecular complexity index is 370. The summed E-state index contributed by atoms with van der Waals surface area (Å²) >= 11 is 0. The van der Waals surface area contributed by atoms with Crippen LogP contribution in [0, 0.1) is 19.8 Å². The Balaban J connectivity index is 2.73. The lowest BCUT2D eigenvalue weighted by Crippen LogP contribution is -2.19. The first-order valence-corrected chi connectivity index (χ1v) is 7.05. The van der Waals surface area contributed by atoms with E-state index in [0.717, 1.165) is 49.6 Å². The first kappa shape index (κ1) is 16.1. The van der Waals surface area contributed by atoms with E-state index in [-0.39, 0.29) is 0 Å². The molecule has 0 radical (unpaired) electrons. The predicted molar refractivity (Wildman–Crippen MR) is 78.5 cm³/mol. The summed E-state index contributed by atoms with van der Waals surface area (Å²) in [7, 11) is 3.72. The van der Waals surface area contributed by atoms with Crippen molar-refractivity contribution in [3.05, 3.63) is 22.8 Å². The highest BCUT2D eigenvalue weighted by atomic mass is 16.5. The second kappa shape index (κ2) is 8.23. The van der Waals surface area contributed by atoms with E-state index >= 15 is 0 Å².